The highest BCUT2D eigenvalue weighted by Gasteiger charge is 2.30. The van der Waals surface area contributed by atoms with Crippen molar-refractivity contribution in [1.29, 1.82) is 0 Å². The third kappa shape index (κ3) is 4.16. The van der Waals surface area contributed by atoms with Crippen molar-refractivity contribution in [1.82, 2.24) is 9.97 Å². The van der Waals surface area contributed by atoms with E-state index in [-0.39, 0.29) is 18.1 Å². The molecule has 2 aromatic heterocycles. The predicted octanol–water partition coefficient (Wildman–Crippen LogP) is 5.16. The molecule has 1 aliphatic rings. The number of methoxy groups -OCH3 is 1. The first-order valence-electron chi connectivity index (χ1n) is 11.0. The Morgan fingerprint density at radius 3 is 2.64 bits per heavy atom. The van der Waals surface area contributed by atoms with Crippen LogP contribution in [0.25, 0.3) is 10.9 Å². The zero-order chi connectivity index (χ0) is 22.9. The summed E-state index contributed by atoms with van der Waals surface area (Å²) >= 11 is 1.47. The van der Waals surface area contributed by atoms with E-state index in [9.17, 15) is 9.59 Å². The highest BCUT2D eigenvalue weighted by molar-refractivity contribution is 7.13. The number of benzene rings is 2. The second kappa shape index (κ2) is 8.83. The molecular formula is C26H25N3O3S. The van der Waals surface area contributed by atoms with Crippen LogP contribution in [0.1, 0.15) is 40.0 Å². The summed E-state index contributed by atoms with van der Waals surface area (Å²) in [6.07, 6.45) is 4.20. The van der Waals surface area contributed by atoms with Crippen LogP contribution in [0, 0.1) is 12.8 Å². The summed E-state index contributed by atoms with van der Waals surface area (Å²) in [5.74, 6) is 0.901. The van der Waals surface area contributed by atoms with Gasteiger partial charge in [-0.05, 0) is 43.4 Å². The van der Waals surface area contributed by atoms with E-state index in [4.69, 9.17) is 4.74 Å². The molecule has 5 rings (SSSR count). The number of ether oxygens (including phenoxy) is 1. The monoisotopic (exact) mass is 459 g/mol. The Hall–Kier alpha value is -3.45. The minimum atomic E-state index is -0.125. The van der Waals surface area contributed by atoms with E-state index in [0.29, 0.717) is 29.3 Å². The van der Waals surface area contributed by atoms with Crippen LogP contribution in [0.4, 0.5) is 5.13 Å². The van der Waals surface area contributed by atoms with Crippen LogP contribution in [-0.2, 0) is 11.2 Å². The number of carbonyl (C=O) groups excluding carboxylic acids is 2. The lowest BCUT2D eigenvalue weighted by Gasteiger charge is -2.20. The molecular weight excluding hydrogens is 434 g/mol. The zero-order valence-electron chi connectivity index (χ0n) is 18.6. The number of rotatable bonds is 8. The predicted molar refractivity (Wildman–Crippen MR) is 130 cm³/mol. The largest absolute Gasteiger partial charge is 0.496 e. The number of nitrogens with zero attached hydrogens (tertiary/aromatic N) is 2. The summed E-state index contributed by atoms with van der Waals surface area (Å²) in [7, 11) is 1.56. The van der Waals surface area contributed by atoms with Gasteiger partial charge in [0.15, 0.2) is 10.9 Å². The number of amides is 1. The molecule has 0 unspecified atom stereocenters. The number of aryl methyl sites for hydroxylation is 1. The Kier molecular flexibility index (Phi) is 5.72. The summed E-state index contributed by atoms with van der Waals surface area (Å²) in [5.41, 5.74) is 3.58. The van der Waals surface area contributed by atoms with Crippen molar-refractivity contribution in [2.45, 2.75) is 26.2 Å². The fraction of sp³-hybridized carbons (Fsp3) is 0.269. The fourth-order valence-electron chi connectivity index (χ4n) is 4.26. The lowest BCUT2D eigenvalue weighted by atomic mass is 9.95. The quantitative estimate of drug-likeness (QED) is 0.370. The number of H-pyrrole nitrogens is 1. The van der Waals surface area contributed by atoms with Crippen molar-refractivity contribution in [2.75, 3.05) is 18.6 Å². The molecule has 168 valence electrons. The molecule has 0 spiro atoms. The first-order chi connectivity index (χ1) is 16.1. The van der Waals surface area contributed by atoms with E-state index < -0.39 is 0 Å². The Labute approximate surface area is 196 Å². The molecule has 2 aromatic carbocycles. The SMILES string of the molecule is COc1ccc2[nH]c(C)c(CC(=O)N(CC3CC3)c3nccs3)c2c1C(=O)c1ccccc1. The van der Waals surface area contributed by atoms with Crippen molar-refractivity contribution in [3.05, 3.63) is 76.4 Å². The van der Waals surface area contributed by atoms with Gasteiger partial charge in [0, 0.05) is 40.3 Å². The molecule has 0 aliphatic heterocycles. The molecule has 33 heavy (non-hydrogen) atoms. The minimum absolute atomic E-state index is 0.0122. The fourth-order valence-corrected chi connectivity index (χ4v) is 4.93. The second-order valence-electron chi connectivity index (χ2n) is 8.43. The maximum Gasteiger partial charge on any atom is 0.233 e. The Balaban J connectivity index is 1.59. The molecule has 6 nitrogen and oxygen atoms in total. The molecule has 0 bridgehead atoms. The number of ketones is 1. The van der Waals surface area contributed by atoms with Gasteiger partial charge < -0.3 is 9.72 Å². The van der Waals surface area contributed by atoms with Crippen molar-refractivity contribution in [3.63, 3.8) is 0 Å². The standard InChI is InChI=1S/C26H25N3O3S/c1-16-19(14-22(30)29(15-17-8-9-17)26-27-12-13-33-26)23-20(28-16)10-11-21(32-2)24(23)25(31)18-6-4-3-5-7-18/h3-7,10-13,17,28H,8-9,14-15H2,1-2H3. The Bertz CT molecular complexity index is 1310. The molecule has 1 fully saturated rings. The normalized spacial score (nSPS) is 13.3. The molecule has 2 heterocycles. The van der Waals surface area contributed by atoms with E-state index in [2.05, 4.69) is 9.97 Å². The second-order valence-corrected chi connectivity index (χ2v) is 9.30. The third-order valence-corrected chi connectivity index (χ3v) is 6.94. The molecule has 4 aromatic rings. The molecule has 7 heteroatoms. The average Bonchev–Trinajstić information content (AvgIpc) is 3.39. The van der Waals surface area contributed by atoms with E-state index in [1.165, 1.54) is 11.3 Å². The average molecular weight is 460 g/mol. The number of carbonyl (C=O) groups is 2. The summed E-state index contributed by atoms with van der Waals surface area (Å²) in [6.45, 7) is 2.63. The first-order valence-corrected chi connectivity index (χ1v) is 11.9. The van der Waals surface area contributed by atoms with Crippen LogP contribution in [0.3, 0.4) is 0 Å². The molecule has 1 amide bonds. The topological polar surface area (TPSA) is 75.3 Å². The molecule has 1 aliphatic carbocycles. The van der Waals surface area contributed by atoms with Crippen LogP contribution < -0.4 is 9.64 Å². The zero-order valence-corrected chi connectivity index (χ0v) is 19.4. The molecule has 1 N–H and O–H groups in total. The lowest BCUT2D eigenvalue weighted by molar-refractivity contribution is -0.118. The van der Waals surface area contributed by atoms with Crippen LogP contribution >= 0.6 is 11.3 Å². The number of aromatic amines is 1. The molecule has 0 atom stereocenters. The van der Waals surface area contributed by atoms with Gasteiger partial charge in [0.05, 0.1) is 19.1 Å². The number of fused-ring (bicyclic) bond motifs is 1. The van der Waals surface area contributed by atoms with E-state index in [1.807, 2.05) is 36.6 Å². The lowest BCUT2D eigenvalue weighted by Crippen LogP contribution is -2.34. The maximum atomic E-state index is 13.6. The number of nitrogens with one attached hydrogen (secondary N) is 1. The smallest absolute Gasteiger partial charge is 0.233 e. The first kappa shape index (κ1) is 21.4. The van der Waals surface area contributed by atoms with E-state index in [0.717, 1.165) is 40.1 Å². The van der Waals surface area contributed by atoms with Gasteiger partial charge in [-0.15, -0.1) is 11.3 Å². The number of thiazole rings is 1. The Morgan fingerprint density at radius 1 is 1.18 bits per heavy atom. The number of hydrogen-bond acceptors (Lipinski definition) is 5. The number of aromatic nitrogens is 2. The van der Waals surface area contributed by atoms with Gasteiger partial charge in [-0.1, -0.05) is 30.3 Å². The van der Waals surface area contributed by atoms with E-state index >= 15 is 0 Å². The van der Waals surface area contributed by atoms with Crippen LogP contribution in [0.2, 0.25) is 0 Å². The molecule has 0 radical (unpaired) electrons. The van der Waals surface area contributed by atoms with Crippen molar-refractivity contribution >= 4 is 39.1 Å². The maximum absolute atomic E-state index is 13.6. The van der Waals surface area contributed by atoms with Gasteiger partial charge in [-0.3, -0.25) is 14.5 Å². The van der Waals surface area contributed by atoms with Crippen LogP contribution in [-0.4, -0.2) is 35.3 Å². The minimum Gasteiger partial charge on any atom is -0.496 e. The summed E-state index contributed by atoms with van der Waals surface area (Å²) < 4.78 is 5.59. The van der Waals surface area contributed by atoms with Gasteiger partial charge in [0.1, 0.15) is 5.75 Å². The Morgan fingerprint density at radius 2 is 1.97 bits per heavy atom. The number of anilines is 1. The third-order valence-electron chi connectivity index (χ3n) is 6.14. The highest BCUT2D eigenvalue weighted by atomic mass is 32.1. The van der Waals surface area contributed by atoms with Gasteiger partial charge in [0.2, 0.25) is 5.91 Å². The van der Waals surface area contributed by atoms with Gasteiger partial charge >= 0.3 is 0 Å². The van der Waals surface area contributed by atoms with Crippen LogP contribution in [0.5, 0.6) is 5.75 Å². The summed E-state index contributed by atoms with van der Waals surface area (Å²) in [6, 6.07) is 12.9. The number of hydrogen-bond donors (Lipinski definition) is 1. The molecule has 0 saturated heterocycles. The van der Waals surface area contributed by atoms with Gasteiger partial charge in [0.25, 0.3) is 0 Å². The van der Waals surface area contributed by atoms with Crippen LogP contribution in [0.15, 0.2) is 54.0 Å². The van der Waals surface area contributed by atoms with Gasteiger partial charge in [-0.2, -0.15) is 0 Å². The highest BCUT2D eigenvalue weighted by Crippen LogP contribution is 2.36. The van der Waals surface area contributed by atoms with Crippen molar-refractivity contribution in [2.24, 2.45) is 5.92 Å². The molecule has 1 saturated carbocycles. The summed E-state index contributed by atoms with van der Waals surface area (Å²) in [5, 5.41) is 3.36. The summed E-state index contributed by atoms with van der Waals surface area (Å²) in [4.78, 5) is 36.7. The van der Waals surface area contributed by atoms with Crippen molar-refractivity contribution in [3.8, 4) is 5.75 Å². The van der Waals surface area contributed by atoms with E-state index in [1.54, 1.807) is 36.4 Å². The van der Waals surface area contributed by atoms with Gasteiger partial charge in [-0.25, -0.2) is 4.98 Å². The van der Waals surface area contributed by atoms with Crippen molar-refractivity contribution < 1.29 is 14.3 Å².